The van der Waals surface area contributed by atoms with Crippen LogP contribution in [0.25, 0.3) is 0 Å². The van der Waals surface area contributed by atoms with E-state index in [1.165, 1.54) is 24.3 Å². The van der Waals surface area contributed by atoms with Gasteiger partial charge in [0, 0.05) is 0 Å². The Labute approximate surface area is 262 Å². The number of benzene rings is 4. The first kappa shape index (κ1) is 33.2. The molecule has 0 aromatic heterocycles. The summed E-state index contributed by atoms with van der Waals surface area (Å²) in [6, 6.07) is 30.7. The summed E-state index contributed by atoms with van der Waals surface area (Å²) in [7, 11) is -4.53. The van der Waals surface area contributed by atoms with Crippen LogP contribution in [0.1, 0.15) is 49.9 Å². The molecule has 0 aliphatic carbocycles. The molecule has 0 bridgehead atoms. The van der Waals surface area contributed by atoms with Gasteiger partial charge in [0.15, 0.2) is 0 Å². The topological polar surface area (TPSA) is 124 Å². The lowest BCUT2D eigenvalue weighted by molar-refractivity contribution is 0.0385. The quantitative estimate of drug-likeness (QED) is 0.114. The summed E-state index contributed by atoms with van der Waals surface area (Å²) in [4.78, 5) is 24.1. The Morgan fingerprint density at radius 1 is 0.533 bits per heavy atom. The van der Waals surface area contributed by atoms with Crippen LogP contribution in [0, 0.1) is 0 Å². The molecule has 0 spiro atoms. The van der Waals surface area contributed by atoms with Gasteiger partial charge in [0.25, 0.3) is 0 Å². The first-order chi connectivity index (χ1) is 21.3. The van der Waals surface area contributed by atoms with Gasteiger partial charge in [-0.1, -0.05) is 84.9 Å². The molecule has 4 aromatic rings. The van der Waals surface area contributed by atoms with E-state index in [1.807, 2.05) is 60.7 Å². The average Bonchev–Trinajstić information content (AvgIpc) is 2.99. The van der Waals surface area contributed by atoms with Crippen molar-refractivity contribution in [3.8, 4) is 11.5 Å². The van der Waals surface area contributed by atoms with E-state index >= 15 is 0 Å². The molecule has 45 heavy (non-hydrogen) atoms. The van der Waals surface area contributed by atoms with Gasteiger partial charge < -0.3 is 18.9 Å². The van der Waals surface area contributed by atoms with Crippen LogP contribution in [0.15, 0.2) is 109 Å². The molecule has 0 aliphatic heterocycles. The van der Waals surface area contributed by atoms with Gasteiger partial charge in [-0.25, -0.2) is 18.0 Å². The maximum Gasteiger partial charge on any atom is 0.514 e. The zero-order chi connectivity index (χ0) is 32.5. The third-order valence-corrected chi connectivity index (χ3v) is 7.76. The molecule has 0 saturated carbocycles. The first-order valence-corrected chi connectivity index (χ1v) is 15.3. The molecule has 0 atom stereocenters. The van der Waals surface area contributed by atoms with Crippen LogP contribution in [0.4, 0.5) is 9.59 Å². The maximum atomic E-state index is 13.0. The van der Waals surface area contributed by atoms with E-state index in [-0.39, 0.29) is 24.7 Å². The van der Waals surface area contributed by atoms with E-state index < -0.39 is 33.9 Å². The predicted molar refractivity (Wildman–Crippen MR) is 165 cm³/mol. The van der Waals surface area contributed by atoms with Crippen molar-refractivity contribution in [1.82, 2.24) is 0 Å². The van der Waals surface area contributed by atoms with Gasteiger partial charge in [0.2, 0.25) is 0 Å². The number of hydrogen-bond donors (Lipinski definition) is 0. The molecule has 0 fully saturated rings. The molecule has 0 saturated heterocycles. The fraction of sp³-hybridized carbons (Fsp3) is 0.235. The fourth-order valence-electron chi connectivity index (χ4n) is 4.16. The van der Waals surface area contributed by atoms with Crippen LogP contribution in [0.2, 0.25) is 0 Å². The van der Waals surface area contributed by atoms with Crippen LogP contribution in [-0.2, 0) is 52.7 Å². The Kier molecular flexibility index (Phi) is 10.6. The van der Waals surface area contributed by atoms with Crippen LogP contribution in [0.5, 0.6) is 11.5 Å². The Morgan fingerprint density at radius 3 is 1.20 bits per heavy atom. The van der Waals surface area contributed by atoms with Gasteiger partial charge in [-0.15, -0.1) is 0 Å². The second-order valence-electron chi connectivity index (χ2n) is 10.9. The normalized spacial score (nSPS) is 11.8. The lowest BCUT2D eigenvalue weighted by Gasteiger charge is -2.29. The third kappa shape index (κ3) is 10.2. The summed E-state index contributed by atoms with van der Waals surface area (Å²) in [5, 5.41) is 0. The SMILES string of the molecule is CC(C)(OS(=O)(=O)OC(C)(C)c1ccc(OC(=O)OCc2ccccc2)cc1)c1ccc(OC(=O)OCc2ccccc2)cc1. The largest absolute Gasteiger partial charge is 0.514 e. The Hall–Kier alpha value is -4.71. The Balaban J connectivity index is 1.30. The van der Waals surface area contributed by atoms with Crippen molar-refractivity contribution in [3.05, 3.63) is 131 Å². The van der Waals surface area contributed by atoms with Crippen molar-refractivity contribution in [1.29, 1.82) is 0 Å². The highest BCUT2D eigenvalue weighted by atomic mass is 32.3. The third-order valence-electron chi connectivity index (χ3n) is 6.52. The number of hydrogen-bond acceptors (Lipinski definition) is 10. The first-order valence-electron chi connectivity index (χ1n) is 14.0. The van der Waals surface area contributed by atoms with Gasteiger partial charge >= 0.3 is 22.7 Å². The average molecular weight is 635 g/mol. The summed E-state index contributed by atoms with van der Waals surface area (Å²) in [6.45, 7) is 6.38. The van der Waals surface area contributed by atoms with E-state index in [1.54, 1.807) is 52.0 Å². The highest BCUT2D eigenvalue weighted by Crippen LogP contribution is 2.33. The minimum atomic E-state index is -4.53. The lowest BCUT2D eigenvalue weighted by Crippen LogP contribution is -2.32. The maximum absolute atomic E-state index is 13.0. The van der Waals surface area contributed by atoms with Crippen molar-refractivity contribution >= 4 is 22.7 Å². The molecule has 4 rings (SSSR count). The smallest absolute Gasteiger partial charge is 0.429 e. The predicted octanol–water partition coefficient (Wildman–Crippen LogP) is 7.57. The lowest BCUT2D eigenvalue weighted by atomic mass is 9.99. The van der Waals surface area contributed by atoms with Gasteiger partial charge in [0.1, 0.15) is 35.9 Å². The monoisotopic (exact) mass is 634 g/mol. The zero-order valence-electron chi connectivity index (χ0n) is 25.3. The van der Waals surface area contributed by atoms with E-state index in [2.05, 4.69) is 0 Å². The molecule has 0 radical (unpaired) electrons. The van der Waals surface area contributed by atoms with Crippen molar-refractivity contribution in [2.24, 2.45) is 0 Å². The van der Waals surface area contributed by atoms with Crippen molar-refractivity contribution in [2.75, 3.05) is 0 Å². The van der Waals surface area contributed by atoms with Gasteiger partial charge in [-0.2, -0.15) is 8.42 Å². The second kappa shape index (κ2) is 14.4. The molecule has 0 heterocycles. The van der Waals surface area contributed by atoms with Gasteiger partial charge in [-0.3, -0.25) is 0 Å². The minimum Gasteiger partial charge on any atom is -0.429 e. The van der Waals surface area contributed by atoms with Crippen molar-refractivity contribution in [2.45, 2.75) is 52.1 Å². The van der Waals surface area contributed by atoms with Crippen molar-refractivity contribution in [3.63, 3.8) is 0 Å². The minimum absolute atomic E-state index is 0.0641. The zero-order valence-corrected chi connectivity index (χ0v) is 26.1. The standard InChI is InChI=1S/C34H34O10S/c1-33(2,27-15-19-29(20-16-27)41-31(35)39-23-25-11-7-5-8-12-25)43-45(37,38)44-34(3,4)28-17-21-30(22-18-28)42-32(36)40-24-26-13-9-6-10-14-26/h5-22H,23-24H2,1-4H3. The highest BCUT2D eigenvalue weighted by molar-refractivity contribution is 7.81. The molecule has 11 heteroatoms. The summed E-state index contributed by atoms with van der Waals surface area (Å²) in [6.07, 6.45) is -1.74. The van der Waals surface area contributed by atoms with E-state index in [0.29, 0.717) is 11.1 Å². The molecule has 236 valence electrons. The molecule has 0 amide bonds. The number of carbonyl (C=O) groups is 2. The molecule has 4 aromatic carbocycles. The van der Waals surface area contributed by atoms with E-state index in [9.17, 15) is 18.0 Å². The summed E-state index contributed by atoms with van der Waals surface area (Å²) in [5.74, 6) is 0.425. The van der Waals surface area contributed by atoms with Crippen LogP contribution in [0.3, 0.4) is 0 Å². The van der Waals surface area contributed by atoms with Crippen LogP contribution < -0.4 is 9.47 Å². The van der Waals surface area contributed by atoms with Crippen molar-refractivity contribution < 1.29 is 45.3 Å². The summed E-state index contributed by atoms with van der Waals surface area (Å²) >= 11 is 0. The number of ether oxygens (including phenoxy) is 4. The molecular formula is C34H34O10S. The van der Waals surface area contributed by atoms with Crippen LogP contribution in [-0.4, -0.2) is 20.7 Å². The van der Waals surface area contributed by atoms with Crippen LogP contribution >= 0.6 is 0 Å². The Morgan fingerprint density at radius 2 is 0.867 bits per heavy atom. The summed E-state index contributed by atoms with van der Waals surface area (Å²) < 4.78 is 57.5. The van der Waals surface area contributed by atoms with Gasteiger partial charge in [0.05, 0.1) is 0 Å². The van der Waals surface area contributed by atoms with Gasteiger partial charge in [-0.05, 0) is 74.2 Å². The van der Waals surface area contributed by atoms with E-state index in [0.717, 1.165) is 11.1 Å². The highest BCUT2D eigenvalue weighted by Gasteiger charge is 2.35. The second-order valence-corrected chi connectivity index (χ2v) is 12.0. The molecular weight excluding hydrogens is 600 g/mol. The fourth-order valence-corrected chi connectivity index (χ4v) is 5.40. The Bertz CT molecular complexity index is 1550. The molecule has 0 N–H and O–H groups in total. The molecule has 0 aliphatic rings. The summed E-state index contributed by atoms with van der Waals surface area (Å²) in [5.41, 5.74) is -0.0644. The number of carbonyl (C=O) groups excluding carboxylic acids is 2. The number of rotatable bonds is 12. The molecule has 10 nitrogen and oxygen atoms in total. The molecule has 0 unspecified atom stereocenters. The van der Waals surface area contributed by atoms with E-state index in [4.69, 9.17) is 27.3 Å².